The lowest BCUT2D eigenvalue weighted by molar-refractivity contribution is 0.0507. The average molecular weight is 462 g/mol. The van der Waals surface area contributed by atoms with Gasteiger partial charge < -0.3 is 20.0 Å². The molecule has 0 spiro atoms. The van der Waals surface area contributed by atoms with Gasteiger partial charge in [-0.25, -0.2) is 18.6 Å². The molecule has 0 aliphatic carbocycles. The fourth-order valence-electron chi connectivity index (χ4n) is 3.79. The van der Waals surface area contributed by atoms with Gasteiger partial charge in [-0.2, -0.15) is 0 Å². The van der Waals surface area contributed by atoms with Crippen molar-refractivity contribution in [3.63, 3.8) is 0 Å². The van der Waals surface area contributed by atoms with Crippen molar-refractivity contribution in [1.82, 2.24) is 14.8 Å². The summed E-state index contributed by atoms with van der Waals surface area (Å²) in [5, 5.41) is 19.4. The Labute approximate surface area is 186 Å². The highest BCUT2D eigenvalue weighted by molar-refractivity contribution is 6.35. The summed E-state index contributed by atoms with van der Waals surface area (Å²) in [6.07, 6.45) is -1.02. The quantitative estimate of drug-likeness (QED) is 0.591. The number of nitrogens with zero attached hydrogens (tertiary/aromatic N) is 3. The molecule has 0 bridgehead atoms. The highest BCUT2D eigenvalue weighted by Gasteiger charge is 2.30. The zero-order valence-corrected chi connectivity index (χ0v) is 17.6. The summed E-state index contributed by atoms with van der Waals surface area (Å²) < 4.78 is 27.6. The summed E-state index contributed by atoms with van der Waals surface area (Å²) >= 11 is 6.34. The van der Waals surface area contributed by atoms with Crippen LogP contribution >= 0.6 is 11.6 Å². The van der Waals surface area contributed by atoms with Gasteiger partial charge in [-0.15, -0.1) is 0 Å². The van der Waals surface area contributed by atoms with E-state index in [2.05, 4.69) is 4.98 Å². The van der Waals surface area contributed by atoms with Crippen molar-refractivity contribution >= 4 is 34.5 Å². The van der Waals surface area contributed by atoms with E-state index in [1.54, 1.807) is 24.0 Å². The van der Waals surface area contributed by atoms with Gasteiger partial charge in [0.15, 0.2) is 17.4 Å². The maximum Gasteiger partial charge on any atom is 0.407 e. The summed E-state index contributed by atoms with van der Waals surface area (Å²) in [5.41, 5.74) is 0.937. The molecule has 32 heavy (non-hydrogen) atoms. The Bertz CT molecular complexity index is 1230. The molecule has 1 aliphatic heterocycles. The van der Waals surface area contributed by atoms with Crippen molar-refractivity contribution in [3.8, 4) is 17.0 Å². The number of piperazine rings is 1. The van der Waals surface area contributed by atoms with Crippen LogP contribution < -0.4 is 0 Å². The van der Waals surface area contributed by atoms with Crippen LogP contribution in [0.5, 0.6) is 5.75 Å². The van der Waals surface area contributed by atoms with Gasteiger partial charge >= 0.3 is 6.09 Å². The fourth-order valence-corrected chi connectivity index (χ4v) is 4.05. The van der Waals surface area contributed by atoms with Gasteiger partial charge in [-0.1, -0.05) is 17.7 Å². The largest absolute Gasteiger partial charge is 0.503 e. The number of carbonyl (C=O) groups excluding carboxylic acids is 1. The molecule has 1 saturated heterocycles. The Morgan fingerprint density at radius 3 is 2.44 bits per heavy atom. The number of aromatic hydroxyl groups is 1. The summed E-state index contributed by atoms with van der Waals surface area (Å²) in [6, 6.07) is 7.77. The maximum atomic E-state index is 13.8. The summed E-state index contributed by atoms with van der Waals surface area (Å²) in [7, 11) is 0. The van der Waals surface area contributed by atoms with Crippen LogP contribution in [0.4, 0.5) is 13.6 Å². The molecule has 7 nitrogen and oxygen atoms in total. The molecule has 2 amide bonds. The Morgan fingerprint density at radius 2 is 1.81 bits per heavy atom. The minimum atomic E-state index is -1.13. The zero-order valence-electron chi connectivity index (χ0n) is 16.8. The number of rotatable bonds is 2. The van der Waals surface area contributed by atoms with Gasteiger partial charge in [0.05, 0.1) is 16.2 Å². The Hall–Kier alpha value is -3.46. The number of fused-ring (bicyclic) bond motifs is 1. The first-order chi connectivity index (χ1) is 15.2. The van der Waals surface area contributed by atoms with E-state index in [9.17, 15) is 28.6 Å². The predicted octanol–water partition coefficient (Wildman–Crippen LogP) is 4.36. The SMILES string of the molecule is CC1CN(C(=O)c2ccc3c(Cl)cc(-c4cc(F)c(O)c(F)c4)nc3c2)CCN1C(=O)O. The molecular formula is C22H18ClF2N3O4. The molecule has 1 atom stereocenters. The molecule has 0 saturated carbocycles. The molecule has 1 unspecified atom stereocenters. The molecule has 2 aromatic carbocycles. The Kier molecular flexibility index (Phi) is 5.60. The third-order valence-corrected chi connectivity index (χ3v) is 5.79. The molecule has 4 rings (SSSR count). The average Bonchev–Trinajstić information content (AvgIpc) is 2.75. The standard InChI is InChI=1S/C22H18ClF2N3O4/c1-11-10-27(4-5-28(11)22(31)32)21(30)12-2-3-14-15(23)9-18(26-19(14)8-12)13-6-16(24)20(29)17(25)7-13/h2-3,6-9,11,29H,4-5,10H2,1H3,(H,31,32). The van der Waals surface area contributed by atoms with Crippen LogP contribution in [0, 0.1) is 11.6 Å². The molecule has 1 aromatic heterocycles. The van der Waals surface area contributed by atoms with Crippen molar-refractivity contribution < 1.29 is 28.6 Å². The van der Waals surface area contributed by atoms with Gasteiger partial charge in [0.2, 0.25) is 0 Å². The Balaban J connectivity index is 1.68. The molecule has 2 heterocycles. The van der Waals surface area contributed by atoms with Crippen LogP contribution in [-0.2, 0) is 0 Å². The van der Waals surface area contributed by atoms with Gasteiger partial charge in [0, 0.05) is 42.2 Å². The number of halogens is 3. The molecule has 166 valence electrons. The molecule has 1 fully saturated rings. The summed E-state index contributed by atoms with van der Waals surface area (Å²) in [6.45, 7) is 2.46. The second kappa shape index (κ2) is 8.23. The number of benzene rings is 2. The molecule has 0 radical (unpaired) electrons. The normalized spacial score (nSPS) is 16.4. The number of hydrogen-bond acceptors (Lipinski definition) is 4. The Morgan fingerprint density at radius 1 is 1.12 bits per heavy atom. The number of hydrogen-bond donors (Lipinski definition) is 2. The number of pyridine rings is 1. The van der Waals surface area contributed by atoms with Crippen molar-refractivity contribution in [2.45, 2.75) is 13.0 Å². The first kappa shape index (κ1) is 21.8. The number of carbonyl (C=O) groups is 2. The van der Waals surface area contributed by atoms with Crippen molar-refractivity contribution in [2.24, 2.45) is 0 Å². The van der Waals surface area contributed by atoms with Crippen LogP contribution in [0.25, 0.3) is 22.2 Å². The number of phenolic OH excluding ortho intramolecular Hbond substituents is 1. The van der Waals surface area contributed by atoms with E-state index in [-0.39, 0.29) is 47.9 Å². The van der Waals surface area contributed by atoms with Gasteiger partial charge in [-0.05, 0) is 37.3 Å². The highest BCUT2D eigenvalue weighted by Crippen LogP contribution is 2.32. The van der Waals surface area contributed by atoms with E-state index in [0.717, 1.165) is 12.1 Å². The van der Waals surface area contributed by atoms with Crippen LogP contribution in [0.3, 0.4) is 0 Å². The van der Waals surface area contributed by atoms with Crippen LogP contribution in [0.2, 0.25) is 5.02 Å². The van der Waals surface area contributed by atoms with Gasteiger partial charge in [0.1, 0.15) is 0 Å². The number of amides is 2. The minimum Gasteiger partial charge on any atom is -0.503 e. The number of carboxylic acid groups (broad SMARTS) is 1. The zero-order chi connectivity index (χ0) is 23.2. The van der Waals surface area contributed by atoms with E-state index >= 15 is 0 Å². The lowest BCUT2D eigenvalue weighted by atomic mass is 10.1. The second-order valence-corrected chi connectivity index (χ2v) is 7.99. The monoisotopic (exact) mass is 461 g/mol. The summed E-state index contributed by atoms with van der Waals surface area (Å²) in [5.74, 6) is -3.62. The number of phenols is 1. The molecular weight excluding hydrogens is 444 g/mol. The fraction of sp³-hybridized carbons (Fsp3) is 0.227. The van der Waals surface area contributed by atoms with Crippen molar-refractivity contribution in [1.29, 1.82) is 0 Å². The van der Waals surface area contributed by atoms with Crippen LogP contribution in [-0.4, -0.2) is 62.7 Å². The van der Waals surface area contributed by atoms with E-state index < -0.39 is 23.5 Å². The van der Waals surface area contributed by atoms with Gasteiger partial charge in [-0.3, -0.25) is 4.79 Å². The maximum absolute atomic E-state index is 13.8. The molecule has 10 heteroatoms. The highest BCUT2D eigenvalue weighted by atomic mass is 35.5. The second-order valence-electron chi connectivity index (χ2n) is 7.59. The van der Waals surface area contributed by atoms with E-state index in [1.165, 1.54) is 17.0 Å². The van der Waals surface area contributed by atoms with Crippen molar-refractivity contribution in [2.75, 3.05) is 19.6 Å². The number of aromatic nitrogens is 1. The van der Waals surface area contributed by atoms with Crippen molar-refractivity contribution in [3.05, 3.63) is 58.6 Å². The van der Waals surface area contributed by atoms with Crippen LogP contribution in [0.1, 0.15) is 17.3 Å². The third-order valence-electron chi connectivity index (χ3n) is 5.48. The third kappa shape index (κ3) is 3.91. The smallest absolute Gasteiger partial charge is 0.407 e. The predicted molar refractivity (Wildman–Crippen MR) is 114 cm³/mol. The minimum absolute atomic E-state index is 0.0805. The first-order valence-electron chi connectivity index (χ1n) is 9.73. The van der Waals surface area contributed by atoms with E-state index in [1.807, 2.05) is 0 Å². The lowest BCUT2D eigenvalue weighted by Crippen LogP contribution is -2.55. The molecule has 3 aromatic rings. The van der Waals surface area contributed by atoms with Gasteiger partial charge in [0.25, 0.3) is 5.91 Å². The molecule has 1 aliphatic rings. The van der Waals surface area contributed by atoms with E-state index in [0.29, 0.717) is 16.5 Å². The topological polar surface area (TPSA) is 94.0 Å². The lowest BCUT2D eigenvalue weighted by Gasteiger charge is -2.38. The van der Waals surface area contributed by atoms with Crippen LogP contribution in [0.15, 0.2) is 36.4 Å². The first-order valence-corrected chi connectivity index (χ1v) is 10.1. The molecule has 2 N–H and O–H groups in total. The van der Waals surface area contributed by atoms with E-state index in [4.69, 9.17) is 11.6 Å². The summed E-state index contributed by atoms with van der Waals surface area (Å²) in [4.78, 5) is 31.5.